The summed E-state index contributed by atoms with van der Waals surface area (Å²) in [6.45, 7) is 0. The molecule has 17 heavy (non-hydrogen) atoms. The van der Waals surface area contributed by atoms with Crippen molar-refractivity contribution < 1.29 is 8.78 Å². The Morgan fingerprint density at radius 2 is 2.00 bits per heavy atom. The molecule has 0 saturated heterocycles. The van der Waals surface area contributed by atoms with Crippen molar-refractivity contribution in [1.82, 2.24) is 4.72 Å². The van der Waals surface area contributed by atoms with E-state index in [9.17, 15) is 8.78 Å². The average molecular weight is 253 g/mol. The first kappa shape index (κ1) is 12.0. The van der Waals surface area contributed by atoms with Crippen molar-refractivity contribution in [3.8, 4) is 0 Å². The molecule has 0 radical (unpaired) electrons. The summed E-state index contributed by atoms with van der Waals surface area (Å²) in [5.41, 5.74) is 2.20. The van der Waals surface area contributed by atoms with Gasteiger partial charge in [0.2, 0.25) is 0 Å². The van der Waals surface area contributed by atoms with Gasteiger partial charge in [0.05, 0.1) is 5.70 Å². The number of nitrogens with one attached hydrogen (secondary N) is 1. The van der Waals surface area contributed by atoms with Gasteiger partial charge in [-0.2, -0.15) is 8.78 Å². The predicted molar refractivity (Wildman–Crippen MR) is 71.0 cm³/mol. The Morgan fingerprint density at radius 1 is 1.24 bits per heavy atom. The monoisotopic (exact) mass is 253 g/mol. The van der Waals surface area contributed by atoms with Crippen LogP contribution in [0.4, 0.5) is 8.78 Å². The van der Waals surface area contributed by atoms with Crippen molar-refractivity contribution in [2.45, 2.75) is 6.42 Å². The number of hydrogen-bond acceptors (Lipinski definition) is 1. The third-order valence-electron chi connectivity index (χ3n) is 2.36. The van der Waals surface area contributed by atoms with E-state index in [1.165, 1.54) is 0 Å². The van der Waals surface area contributed by atoms with Crippen LogP contribution in [0.5, 0.6) is 0 Å². The topological polar surface area (TPSA) is 12.0 Å². The van der Waals surface area contributed by atoms with Gasteiger partial charge in [0.15, 0.2) is 0 Å². The molecule has 0 amide bonds. The quantitative estimate of drug-likeness (QED) is 0.805. The van der Waals surface area contributed by atoms with Crippen LogP contribution in [0.2, 0.25) is 0 Å². The minimum absolute atomic E-state index is 0.120. The molecule has 2 rings (SSSR count). The molecule has 1 unspecified atom stereocenters. The summed E-state index contributed by atoms with van der Waals surface area (Å²) in [4.78, 5) is 0. The second-order valence-electron chi connectivity index (χ2n) is 3.60. The van der Waals surface area contributed by atoms with Gasteiger partial charge >= 0.3 is 0 Å². The lowest BCUT2D eigenvalue weighted by Crippen LogP contribution is -2.02. The maximum Gasteiger partial charge on any atom is 0.266 e. The number of halogens is 2. The molecule has 1 atom stereocenters. The van der Waals surface area contributed by atoms with Crippen LogP contribution < -0.4 is 4.72 Å². The highest BCUT2D eigenvalue weighted by Crippen LogP contribution is 2.23. The van der Waals surface area contributed by atoms with E-state index in [4.69, 9.17) is 0 Å². The van der Waals surface area contributed by atoms with Gasteiger partial charge in [0, 0.05) is 5.75 Å². The highest BCUT2D eigenvalue weighted by molar-refractivity contribution is 8.14. The first-order valence-corrected chi connectivity index (χ1v) is 6.79. The zero-order valence-corrected chi connectivity index (χ0v) is 10.0. The standard InChI is InChI=1S/C13H13F2NS/c14-13(15)7-4-9-17-10-8-12(16-17)11-5-2-1-3-6-11/h1-3,5-8,10,16H,4,9H2. The molecule has 1 aliphatic rings. The minimum Gasteiger partial charge on any atom is -0.335 e. The summed E-state index contributed by atoms with van der Waals surface area (Å²) in [6, 6.07) is 9.99. The van der Waals surface area contributed by atoms with E-state index in [1.54, 1.807) is 0 Å². The molecular weight excluding hydrogens is 240 g/mol. The molecular formula is C13H13F2NS. The summed E-state index contributed by atoms with van der Waals surface area (Å²) >= 11 is 0. The lowest BCUT2D eigenvalue weighted by molar-refractivity contribution is 0.418. The van der Waals surface area contributed by atoms with Crippen LogP contribution in [-0.2, 0) is 0 Å². The molecule has 0 saturated carbocycles. The number of rotatable bonds is 4. The Kier molecular flexibility index (Phi) is 4.09. The minimum atomic E-state index is -1.59. The molecule has 1 aromatic rings. The van der Waals surface area contributed by atoms with Crippen molar-refractivity contribution in [2.24, 2.45) is 0 Å². The van der Waals surface area contributed by atoms with Gasteiger partial charge < -0.3 is 4.72 Å². The molecule has 1 N–H and O–H groups in total. The van der Waals surface area contributed by atoms with E-state index in [2.05, 4.69) is 4.72 Å². The first-order valence-electron chi connectivity index (χ1n) is 5.34. The largest absolute Gasteiger partial charge is 0.335 e. The fourth-order valence-electron chi connectivity index (χ4n) is 1.55. The molecule has 1 aliphatic heterocycles. The second-order valence-corrected chi connectivity index (χ2v) is 5.34. The van der Waals surface area contributed by atoms with Crippen LogP contribution in [0.1, 0.15) is 12.0 Å². The Balaban J connectivity index is 1.88. The first-order chi connectivity index (χ1) is 8.25. The van der Waals surface area contributed by atoms with E-state index in [-0.39, 0.29) is 10.7 Å². The highest BCUT2D eigenvalue weighted by Gasteiger charge is 2.07. The summed E-state index contributed by atoms with van der Waals surface area (Å²) in [5, 5.41) is 2.05. The van der Waals surface area contributed by atoms with Crippen LogP contribution >= 0.6 is 10.7 Å². The highest BCUT2D eigenvalue weighted by atomic mass is 32.2. The van der Waals surface area contributed by atoms with Crippen LogP contribution in [0, 0.1) is 0 Å². The smallest absolute Gasteiger partial charge is 0.266 e. The van der Waals surface area contributed by atoms with Gasteiger partial charge in [-0.15, -0.1) is 0 Å². The predicted octanol–water partition coefficient (Wildman–Crippen LogP) is 3.79. The van der Waals surface area contributed by atoms with E-state index in [0.717, 1.165) is 17.3 Å². The summed E-state index contributed by atoms with van der Waals surface area (Å²) in [7, 11) is -0.120. The molecule has 0 aliphatic carbocycles. The van der Waals surface area contributed by atoms with Crippen LogP contribution in [-0.4, -0.2) is 11.1 Å². The van der Waals surface area contributed by atoms with Crippen molar-refractivity contribution in [1.29, 1.82) is 0 Å². The fraction of sp³-hybridized carbons (Fsp3) is 0.154. The number of hydrogen-bond donors (Lipinski definition) is 1. The fourth-order valence-corrected chi connectivity index (χ4v) is 2.99. The molecule has 0 aromatic heterocycles. The molecule has 0 spiro atoms. The molecule has 1 aromatic carbocycles. The Hall–Kier alpha value is -1.42. The van der Waals surface area contributed by atoms with Gasteiger partial charge in [-0.25, -0.2) is 0 Å². The van der Waals surface area contributed by atoms with Crippen molar-refractivity contribution in [2.75, 3.05) is 5.75 Å². The average Bonchev–Trinajstić information content (AvgIpc) is 2.78. The third kappa shape index (κ3) is 3.53. The van der Waals surface area contributed by atoms with Gasteiger partial charge in [0.1, 0.15) is 0 Å². The molecule has 0 bridgehead atoms. The Morgan fingerprint density at radius 3 is 2.71 bits per heavy atom. The molecule has 0 fully saturated rings. The zero-order valence-electron chi connectivity index (χ0n) is 9.20. The van der Waals surface area contributed by atoms with Crippen molar-refractivity contribution in [3.05, 3.63) is 54.1 Å². The van der Waals surface area contributed by atoms with Gasteiger partial charge in [-0.3, -0.25) is 0 Å². The lowest BCUT2D eigenvalue weighted by atomic mass is 10.2. The molecule has 4 heteroatoms. The second kappa shape index (κ2) is 5.77. The number of allylic oxidation sites excluding steroid dienone is 2. The summed E-state index contributed by atoms with van der Waals surface area (Å²) < 4.78 is 27.1. The van der Waals surface area contributed by atoms with E-state index < -0.39 is 6.08 Å². The zero-order chi connectivity index (χ0) is 12.1. The van der Waals surface area contributed by atoms with E-state index >= 15 is 0 Å². The number of benzene rings is 1. The molecule has 1 nitrogen and oxygen atoms in total. The van der Waals surface area contributed by atoms with Crippen molar-refractivity contribution in [3.63, 3.8) is 0 Å². The maximum absolute atomic E-state index is 11.9. The van der Waals surface area contributed by atoms with E-state index in [0.29, 0.717) is 12.2 Å². The van der Waals surface area contributed by atoms with E-state index in [1.807, 2.05) is 41.8 Å². The van der Waals surface area contributed by atoms with Gasteiger partial charge in [-0.05, 0) is 29.5 Å². The van der Waals surface area contributed by atoms with Crippen LogP contribution in [0.3, 0.4) is 0 Å². The Bertz CT molecular complexity index is 473. The maximum atomic E-state index is 11.9. The SMILES string of the molecule is FC(F)=CCCS1=CC=C(c2ccccc2)N1. The summed E-state index contributed by atoms with van der Waals surface area (Å²) in [6.07, 6.45) is 1.81. The Labute approximate surface area is 102 Å². The van der Waals surface area contributed by atoms with Crippen LogP contribution in [0.25, 0.3) is 5.70 Å². The third-order valence-corrected chi connectivity index (χ3v) is 3.98. The normalized spacial score (nSPS) is 18.0. The van der Waals surface area contributed by atoms with Gasteiger partial charge in [0.25, 0.3) is 6.08 Å². The van der Waals surface area contributed by atoms with Gasteiger partial charge in [-0.1, -0.05) is 41.0 Å². The molecule has 90 valence electrons. The lowest BCUT2D eigenvalue weighted by Gasteiger charge is -2.09. The molecule has 1 heterocycles. The van der Waals surface area contributed by atoms with Crippen LogP contribution in [0.15, 0.2) is 48.6 Å². The van der Waals surface area contributed by atoms with Crippen molar-refractivity contribution >= 4 is 21.7 Å². The summed E-state index contributed by atoms with van der Waals surface area (Å²) in [5.74, 6) is 0.712.